The van der Waals surface area contributed by atoms with Crippen molar-refractivity contribution >= 4 is 24.1 Å². The Morgan fingerprint density at radius 2 is 1.88 bits per heavy atom. The Kier molecular flexibility index (Phi) is 8.28. The maximum atomic E-state index is 13.5. The standard InChI is InChI=1S/C17H22F2N2O2.ClH/c1-20-11-12-6-8-21(9-7-12)17(23)5-4-16(22)14-3-2-13(18)10-15(14)19;/h2-3,10,12,20H,4-9,11H2,1H3;1H. The molecule has 0 aliphatic carbocycles. The van der Waals surface area contributed by atoms with Gasteiger partial charge < -0.3 is 10.2 Å². The summed E-state index contributed by atoms with van der Waals surface area (Å²) in [5, 5.41) is 3.14. The van der Waals surface area contributed by atoms with E-state index >= 15 is 0 Å². The maximum Gasteiger partial charge on any atom is 0.223 e. The molecule has 1 aromatic rings. The number of likely N-dealkylation sites (tertiary alicyclic amines) is 1. The highest BCUT2D eigenvalue weighted by Gasteiger charge is 2.23. The minimum Gasteiger partial charge on any atom is -0.343 e. The Bertz CT molecular complexity index is 576. The Labute approximate surface area is 147 Å². The minimum atomic E-state index is -0.879. The molecule has 0 saturated carbocycles. The second-order valence-electron chi connectivity index (χ2n) is 5.93. The van der Waals surface area contributed by atoms with Gasteiger partial charge in [-0.05, 0) is 44.5 Å². The van der Waals surface area contributed by atoms with Gasteiger partial charge in [-0.3, -0.25) is 9.59 Å². The minimum absolute atomic E-state index is 0. The summed E-state index contributed by atoms with van der Waals surface area (Å²) in [4.78, 5) is 25.9. The van der Waals surface area contributed by atoms with E-state index in [0.29, 0.717) is 25.1 Å². The molecule has 7 heteroatoms. The molecule has 0 atom stereocenters. The third-order valence-electron chi connectivity index (χ3n) is 4.26. The number of benzene rings is 1. The number of amides is 1. The highest BCUT2D eigenvalue weighted by Crippen LogP contribution is 2.18. The zero-order valence-electron chi connectivity index (χ0n) is 13.7. The van der Waals surface area contributed by atoms with E-state index in [1.54, 1.807) is 4.90 Å². The molecule has 24 heavy (non-hydrogen) atoms. The highest BCUT2D eigenvalue weighted by molar-refractivity contribution is 5.98. The maximum absolute atomic E-state index is 13.5. The van der Waals surface area contributed by atoms with Crippen LogP contribution < -0.4 is 5.32 Å². The number of hydrogen-bond donors (Lipinski definition) is 1. The summed E-state index contributed by atoms with van der Waals surface area (Å²) >= 11 is 0. The van der Waals surface area contributed by atoms with E-state index in [9.17, 15) is 18.4 Å². The summed E-state index contributed by atoms with van der Waals surface area (Å²) in [6.45, 7) is 2.35. The Morgan fingerprint density at radius 3 is 2.46 bits per heavy atom. The molecule has 1 aliphatic heterocycles. The van der Waals surface area contributed by atoms with Crippen LogP contribution in [0.3, 0.4) is 0 Å². The summed E-state index contributed by atoms with van der Waals surface area (Å²) < 4.78 is 26.4. The van der Waals surface area contributed by atoms with E-state index in [1.807, 2.05) is 7.05 Å². The van der Waals surface area contributed by atoms with Gasteiger partial charge in [-0.25, -0.2) is 8.78 Å². The van der Waals surface area contributed by atoms with Crippen LogP contribution in [0, 0.1) is 17.6 Å². The predicted molar refractivity (Wildman–Crippen MR) is 90.4 cm³/mol. The lowest BCUT2D eigenvalue weighted by Gasteiger charge is -2.32. The summed E-state index contributed by atoms with van der Waals surface area (Å²) in [5.74, 6) is -1.57. The average Bonchev–Trinajstić information content (AvgIpc) is 2.53. The number of halogens is 3. The van der Waals surface area contributed by atoms with Crippen LogP contribution >= 0.6 is 12.4 Å². The molecule has 4 nitrogen and oxygen atoms in total. The molecule has 0 bridgehead atoms. The smallest absolute Gasteiger partial charge is 0.223 e. The molecular formula is C17H23ClF2N2O2. The van der Waals surface area contributed by atoms with E-state index in [1.165, 1.54) is 0 Å². The fourth-order valence-electron chi connectivity index (χ4n) is 2.90. The van der Waals surface area contributed by atoms with Crippen LogP contribution in [0.4, 0.5) is 8.78 Å². The first-order valence-corrected chi connectivity index (χ1v) is 7.92. The number of carbonyl (C=O) groups excluding carboxylic acids is 2. The van der Waals surface area contributed by atoms with Crippen molar-refractivity contribution in [2.24, 2.45) is 5.92 Å². The molecule has 134 valence electrons. The molecule has 1 saturated heterocycles. The van der Waals surface area contributed by atoms with Crippen LogP contribution in [0.25, 0.3) is 0 Å². The number of ketones is 1. The third-order valence-corrected chi connectivity index (χ3v) is 4.26. The topological polar surface area (TPSA) is 49.4 Å². The van der Waals surface area contributed by atoms with Crippen LogP contribution in [-0.2, 0) is 4.79 Å². The predicted octanol–water partition coefficient (Wildman–Crippen LogP) is 2.81. The van der Waals surface area contributed by atoms with Crippen LogP contribution in [0.1, 0.15) is 36.0 Å². The second-order valence-corrected chi connectivity index (χ2v) is 5.93. The number of Topliss-reactive ketones (excluding diaryl/α,β-unsaturated/α-hetero) is 1. The van der Waals surface area contributed by atoms with Crippen molar-refractivity contribution < 1.29 is 18.4 Å². The van der Waals surface area contributed by atoms with E-state index in [2.05, 4.69) is 5.32 Å². The molecule has 1 aliphatic rings. The van der Waals surface area contributed by atoms with Gasteiger partial charge in [-0.2, -0.15) is 0 Å². The van der Waals surface area contributed by atoms with Gasteiger partial charge in [0.15, 0.2) is 5.78 Å². The van der Waals surface area contributed by atoms with Crippen molar-refractivity contribution in [1.29, 1.82) is 0 Å². The van der Waals surface area contributed by atoms with Crippen molar-refractivity contribution in [1.82, 2.24) is 10.2 Å². The van der Waals surface area contributed by atoms with Crippen molar-refractivity contribution in [3.63, 3.8) is 0 Å². The van der Waals surface area contributed by atoms with Gasteiger partial charge in [0.2, 0.25) is 5.91 Å². The molecule has 1 aromatic carbocycles. The monoisotopic (exact) mass is 360 g/mol. The number of hydrogen-bond acceptors (Lipinski definition) is 3. The molecule has 1 amide bonds. The first-order valence-electron chi connectivity index (χ1n) is 7.92. The van der Waals surface area contributed by atoms with Crippen molar-refractivity contribution in [2.45, 2.75) is 25.7 Å². The van der Waals surface area contributed by atoms with Crippen LogP contribution in [0.2, 0.25) is 0 Å². The van der Waals surface area contributed by atoms with Gasteiger partial charge in [-0.1, -0.05) is 0 Å². The van der Waals surface area contributed by atoms with Crippen LogP contribution in [-0.4, -0.2) is 43.3 Å². The van der Waals surface area contributed by atoms with Crippen molar-refractivity contribution in [3.8, 4) is 0 Å². The first kappa shape index (κ1) is 20.5. The van der Waals surface area contributed by atoms with Gasteiger partial charge in [-0.15, -0.1) is 12.4 Å². The lowest BCUT2D eigenvalue weighted by Crippen LogP contribution is -2.40. The van der Waals surface area contributed by atoms with E-state index in [-0.39, 0.29) is 36.7 Å². The van der Waals surface area contributed by atoms with E-state index in [4.69, 9.17) is 0 Å². The number of nitrogens with one attached hydrogen (secondary N) is 1. The highest BCUT2D eigenvalue weighted by atomic mass is 35.5. The molecule has 0 radical (unpaired) electrons. The normalized spacial score (nSPS) is 15.0. The molecule has 0 aromatic heterocycles. The largest absolute Gasteiger partial charge is 0.343 e. The molecule has 1 N–H and O–H groups in total. The number of nitrogens with zero attached hydrogens (tertiary/aromatic N) is 1. The molecule has 1 heterocycles. The number of carbonyl (C=O) groups is 2. The molecule has 1 fully saturated rings. The summed E-state index contributed by atoms with van der Waals surface area (Å²) in [7, 11) is 1.91. The summed E-state index contributed by atoms with van der Waals surface area (Å²) in [6, 6.07) is 2.85. The van der Waals surface area contributed by atoms with Gasteiger partial charge in [0.1, 0.15) is 11.6 Å². The molecule has 0 spiro atoms. The summed E-state index contributed by atoms with van der Waals surface area (Å²) in [6.07, 6.45) is 1.91. The number of rotatable bonds is 6. The fraction of sp³-hybridized carbons (Fsp3) is 0.529. The fourth-order valence-corrected chi connectivity index (χ4v) is 2.90. The lowest BCUT2D eigenvalue weighted by atomic mass is 9.96. The van der Waals surface area contributed by atoms with Crippen LogP contribution in [0.5, 0.6) is 0 Å². The van der Waals surface area contributed by atoms with Crippen LogP contribution in [0.15, 0.2) is 18.2 Å². The van der Waals surface area contributed by atoms with E-state index in [0.717, 1.165) is 31.5 Å². The summed E-state index contributed by atoms with van der Waals surface area (Å²) in [5.41, 5.74) is -0.160. The van der Waals surface area contributed by atoms with E-state index < -0.39 is 17.4 Å². The van der Waals surface area contributed by atoms with Gasteiger partial charge in [0.05, 0.1) is 5.56 Å². The Morgan fingerprint density at radius 1 is 1.21 bits per heavy atom. The van der Waals surface area contributed by atoms with Gasteiger partial charge >= 0.3 is 0 Å². The van der Waals surface area contributed by atoms with Crippen molar-refractivity contribution in [2.75, 3.05) is 26.7 Å². The first-order chi connectivity index (χ1) is 11.0. The lowest BCUT2D eigenvalue weighted by molar-refractivity contribution is -0.132. The van der Waals surface area contributed by atoms with Gasteiger partial charge in [0, 0.05) is 32.0 Å². The SMILES string of the molecule is CNCC1CCN(C(=O)CCC(=O)c2ccc(F)cc2F)CC1.Cl. The zero-order valence-corrected chi connectivity index (χ0v) is 14.5. The van der Waals surface area contributed by atoms with Gasteiger partial charge in [0.25, 0.3) is 0 Å². The Hall–Kier alpha value is -1.53. The third kappa shape index (κ3) is 5.53. The Balaban J connectivity index is 0.00000288. The van der Waals surface area contributed by atoms with Crippen molar-refractivity contribution in [3.05, 3.63) is 35.4 Å². The zero-order chi connectivity index (χ0) is 16.8. The molecular weight excluding hydrogens is 338 g/mol. The number of piperidine rings is 1. The molecule has 2 rings (SSSR count). The second kappa shape index (κ2) is 9.69. The molecule has 0 unspecified atom stereocenters. The quantitative estimate of drug-likeness (QED) is 0.794. The average molecular weight is 361 g/mol.